The van der Waals surface area contributed by atoms with E-state index >= 15 is 0 Å². The normalized spacial score (nSPS) is 12.7. The molecule has 18 heavy (non-hydrogen) atoms. The second-order valence-electron chi connectivity index (χ2n) is 4.25. The number of benzene rings is 1. The van der Waals surface area contributed by atoms with Crippen LogP contribution in [0.25, 0.3) is 0 Å². The summed E-state index contributed by atoms with van der Waals surface area (Å²) in [6.07, 6.45) is 4.52. The Kier molecular flexibility index (Phi) is 4.14. The monoisotopic (exact) mass is 311 g/mol. The van der Waals surface area contributed by atoms with Gasteiger partial charge in [-0.2, -0.15) is 0 Å². The highest BCUT2D eigenvalue weighted by atomic mass is 79.9. The highest BCUT2D eigenvalue weighted by molar-refractivity contribution is 9.10. The first-order valence-electron chi connectivity index (χ1n) is 5.69. The van der Waals surface area contributed by atoms with Crippen LogP contribution in [0.2, 0.25) is 0 Å². The summed E-state index contributed by atoms with van der Waals surface area (Å²) in [5, 5.41) is 3.23. The molecule has 0 spiro atoms. The fourth-order valence-electron chi connectivity index (χ4n) is 1.87. The molecule has 0 saturated carbocycles. The lowest BCUT2D eigenvalue weighted by Gasteiger charge is -2.15. The maximum Gasteiger partial charge on any atom is 0.124 e. The van der Waals surface area contributed by atoms with Gasteiger partial charge in [0.1, 0.15) is 5.82 Å². The second kappa shape index (κ2) is 5.63. The fourth-order valence-corrected chi connectivity index (χ4v) is 2.39. The molecule has 3 nitrogen and oxygen atoms in total. The predicted molar refractivity (Wildman–Crippen MR) is 72.8 cm³/mol. The van der Waals surface area contributed by atoms with Gasteiger partial charge in [-0.1, -0.05) is 22.0 Å². The van der Waals surface area contributed by atoms with Crippen molar-refractivity contribution in [3.05, 3.63) is 52.3 Å². The molecular formula is C13H15BrFN3. The molecule has 0 radical (unpaired) electrons. The summed E-state index contributed by atoms with van der Waals surface area (Å²) in [5.74, 6) is -0.232. The molecule has 1 aromatic carbocycles. The third-order valence-electron chi connectivity index (χ3n) is 2.87. The maximum atomic E-state index is 13.0. The number of imidazole rings is 1. The van der Waals surface area contributed by atoms with Gasteiger partial charge in [0.2, 0.25) is 0 Å². The van der Waals surface area contributed by atoms with Crippen LogP contribution in [-0.2, 0) is 13.5 Å². The Bertz CT molecular complexity index is 539. The standard InChI is InChI=1S/C13H15BrFN3/c1-16-12(13-7-18(2)8-17-13)5-9-3-4-10(15)6-11(9)14/h3-4,6-8,12,16H,5H2,1-2H3. The van der Waals surface area contributed by atoms with E-state index in [4.69, 9.17) is 0 Å². The Hall–Kier alpha value is -1.20. The van der Waals surface area contributed by atoms with E-state index in [1.54, 1.807) is 12.4 Å². The van der Waals surface area contributed by atoms with E-state index in [-0.39, 0.29) is 11.9 Å². The number of likely N-dealkylation sites (N-methyl/N-ethyl adjacent to an activating group) is 1. The molecule has 2 aromatic rings. The van der Waals surface area contributed by atoms with Gasteiger partial charge in [0, 0.05) is 17.7 Å². The summed E-state index contributed by atoms with van der Waals surface area (Å²) < 4.78 is 15.7. The first kappa shape index (κ1) is 13.2. The number of aryl methyl sites for hydroxylation is 1. The third-order valence-corrected chi connectivity index (χ3v) is 3.61. The molecule has 0 bridgehead atoms. The van der Waals surface area contributed by atoms with Gasteiger partial charge >= 0.3 is 0 Å². The van der Waals surface area contributed by atoms with E-state index in [1.165, 1.54) is 12.1 Å². The smallest absolute Gasteiger partial charge is 0.124 e. The predicted octanol–water partition coefficient (Wildman–Crippen LogP) is 2.82. The zero-order chi connectivity index (χ0) is 13.1. The molecule has 0 saturated heterocycles. The van der Waals surface area contributed by atoms with E-state index in [0.717, 1.165) is 22.2 Å². The van der Waals surface area contributed by atoms with Gasteiger partial charge in [0.25, 0.3) is 0 Å². The molecule has 1 unspecified atom stereocenters. The van der Waals surface area contributed by atoms with Gasteiger partial charge < -0.3 is 9.88 Å². The van der Waals surface area contributed by atoms with Gasteiger partial charge in [-0.05, 0) is 31.2 Å². The Balaban J connectivity index is 2.20. The lowest BCUT2D eigenvalue weighted by molar-refractivity contribution is 0.574. The second-order valence-corrected chi connectivity index (χ2v) is 5.10. The molecule has 0 fully saturated rings. The number of aromatic nitrogens is 2. The largest absolute Gasteiger partial charge is 0.340 e. The highest BCUT2D eigenvalue weighted by Gasteiger charge is 2.14. The summed E-state index contributed by atoms with van der Waals surface area (Å²) in [6.45, 7) is 0. The van der Waals surface area contributed by atoms with Gasteiger partial charge in [0.15, 0.2) is 0 Å². The lowest BCUT2D eigenvalue weighted by Crippen LogP contribution is -2.19. The van der Waals surface area contributed by atoms with E-state index in [9.17, 15) is 4.39 Å². The van der Waals surface area contributed by atoms with Crippen molar-refractivity contribution in [3.63, 3.8) is 0 Å². The number of hydrogen-bond acceptors (Lipinski definition) is 2. The molecule has 0 aliphatic rings. The Labute approximate surface area is 114 Å². The van der Waals surface area contributed by atoms with Crippen LogP contribution in [0.1, 0.15) is 17.3 Å². The van der Waals surface area contributed by atoms with Crippen LogP contribution >= 0.6 is 15.9 Å². The molecule has 96 valence electrons. The van der Waals surface area contributed by atoms with E-state index in [0.29, 0.717) is 0 Å². The van der Waals surface area contributed by atoms with E-state index < -0.39 is 0 Å². The molecule has 1 aromatic heterocycles. The molecule has 5 heteroatoms. The maximum absolute atomic E-state index is 13.0. The van der Waals surface area contributed by atoms with Crippen LogP contribution in [0.5, 0.6) is 0 Å². The van der Waals surface area contributed by atoms with Crippen LogP contribution in [0.4, 0.5) is 4.39 Å². The summed E-state index contributed by atoms with van der Waals surface area (Å²) in [4.78, 5) is 4.34. The average molecular weight is 312 g/mol. The summed E-state index contributed by atoms with van der Waals surface area (Å²) in [5.41, 5.74) is 2.04. The molecule has 0 aliphatic carbocycles. The molecular weight excluding hydrogens is 297 g/mol. The van der Waals surface area contributed by atoms with Crippen LogP contribution in [-0.4, -0.2) is 16.6 Å². The Morgan fingerprint density at radius 1 is 1.50 bits per heavy atom. The zero-order valence-corrected chi connectivity index (χ0v) is 11.9. The van der Waals surface area contributed by atoms with E-state index in [1.807, 2.05) is 24.9 Å². The number of hydrogen-bond donors (Lipinski definition) is 1. The molecule has 0 amide bonds. The van der Waals surface area contributed by atoms with Crippen molar-refractivity contribution in [2.24, 2.45) is 7.05 Å². The number of nitrogens with zero attached hydrogens (tertiary/aromatic N) is 2. The summed E-state index contributed by atoms with van der Waals surface area (Å²) >= 11 is 3.39. The van der Waals surface area contributed by atoms with Crippen molar-refractivity contribution < 1.29 is 4.39 Å². The first-order chi connectivity index (χ1) is 8.60. The van der Waals surface area contributed by atoms with Crippen LogP contribution in [0.3, 0.4) is 0 Å². The van der Waals surface area contributed by atoms with Crippen LogP contribution < -0.4 is 5.32 Å². The molecule has 0 aliphatic heterocycles. The minimum Gasteiger partial charge on any atom is -0.340 e. The van der Waals surface area contributed by atoms with Crippen molar-refractivity contribution >= 4 is 15.9 Å². The summed E-state index contributed by atoms with van der Waals surface area (Å²) in [6, 6.07) is 4.88. The molecule has 2 rings (SSSR count). The van der Waals surface area contributed by atoms with Gasteiger partial charge in [-0.3, -0.25) is 0 Å². The molecule has 1 N–H and O–H groups in total. The van der Waals surface area contributed by atoms with Gasteiger partial charge in [-0.15, -0.1) is 0 Å². The zero-order valence-electron chi connectivity index (χ0n) is 10.3. The van der Waals surface area contributed by atoms with E-state index in [2.05, 4.69) is 26.2 Å². The van der Waals surface area contributed by atoms with Crippen LogP contribution in [0.15, 0.2) is 35.2 Å². The van der Waals surface area contributed by atoms with Crippen molar-refractivity contribution in [1.29, 1.82) is 0 Å². The van der Waals surface area contributed by atoms with Crippen molar-refractivity contribution in [2.45, 2.75) is 12.5 Å². The Morgan fingerprint density at radius 3 is 2.83 bits per heavy atom. The quantitative estimate of drug-likeness (QED) is 0.941. The van der Waals surface area contributed by atoms with Crippen LogP contribution in [0, 0.1) is 5.82 Å². The number of halogens is 2. The minimum atomic E-state index is -0.232. The highest BCUT2D eigenvalue weighted by Crippen LogP contribution is 2.23. The number of rotatable bonds is 4. The Morgan fingerprint density at radius 2 is 2.28 bits per heavy atom. The average Bonchev–Trinajstić information content (AvgIpc) is 2.75. The van der Waals surface area contributed by atoms with Gasteiger partial charge in [0.05, 0.1) is 18.1 Å². The first-order valence-corrected chi connectivity index (χ1v) is 6.48. The van der Waals surface area contributed by atoms with Gasteiger partial charge in [-0.25, -0.2) is 9.37 Å². The fraction of sp³-hybridized carbons (Fsp3) is 0.308. The van der Waals surface area contributed by atoms with Crippen molar-refractivity contribution in [3.8, 4) is 0 Å². The SMILES string of the molecule is CNC(Cc1ccc(F)cc1Br)c1cn(C)cn1. The molecule has 1 heterocycles. The summed E-state index contributed by atoms with van der Waals surface area (Å²) in [7, 11) is 3.84. The van der Waals surface area contributed by atoms with Crippen molar-refractivity contribution in [1.82, 2.24) is 14.9 Å². The lowest BCUT2D eigenvalue weighted by atomic mass is 10.0. The topological polar surface area (TPSA) is 29.9 Å². The third kappa shape index (κ3) is 2.97. The van der Waals surface area contributed by atoms with Crippen molar-refractivity contribution in [2.75, 3.05) is 7.05 Å². The molecule has 1 atom stereocenters. The minimum absolute atomic E-state index is 0.118. The number of nitrogens with one attached hydrogen (secondary N) is 1.